The van der Waals surface area contributed by atoms with Crippen molar-refractivity contribution in [1.82, 2.24) is 0 Å². The van der Waals surface area contributed by atoms with Crippen molar-refractivity contribution in [3.05, 3.63) is 12.7 Å². The quantitative estimate of drug-likeness (QED) is 0.739. The maximum absolute atomic E-state index is 12.8. The summed E-state index contributed by atoms with van der Waals surface area (Å²) in [4.78, 5) is 0. The van der Waals surface area contributed by atoms with Gasteiger partial charge in [-0.25, -0.2) is 0 Å². The Labute approximate surface area is 94.9 Å². The molecule has 1 aliphatic carbocycles. The van der Waals surface area contributed by atoms with E-state index in [1.54, 1.807) is 6.08 Å². The maximum Gasteiger partial charge on any atom is 0.392 e. The summed E-state index contributed by atoms with van der Waals surface area (Å²) < 4.78 is 38.4. The zero-order valence-corrected chi connectivity index (χ0v) is 9.47. The van der Waals surface area contributed by atoms with Crippen LogP contribution in [0.15, 0.2) is 12.7 Å². The molecule has 1 nitrogen and oxygen atoms in total. The molecule has 3 atom stereocenters. The Bertz CT molecular complexity index is 225. The van der Waals surface area contributed by atoms with Crippen LogP contribution in [0.4, 0.5) is 13.2 Å². The fourth-order valence-electron chi connectivity index (χ4n) is 2.60. The van der Waals surface area contributed by atoms with Crippen molar-refractivity contribution in [3.8, 4) is 0 Å². The van der Waals surface area contributed by atoms with E-state index in [0.29, 0.717) is 25.7 Å². The van der Waals surface area contributed by atoms with E-state index >= 15 is 0 Å². The molecular formula is C12H20F3N. The molecule has 0 saturated heterocycles. The predicted molar refractivity (Wildman–Crippen MR) is 58.9 cm³/mol. The zero-order chi connectivity index (χ0) is 12.2. The van der Waals surface area contributed by atoms with E-state index in [9.17, 15) is 13.2 Å². The SMILES string of the molecule is C=CCCC(N)C1CCCCC1C(F)(F)F. The number of allylic oxidation sites excluding steroid dienone is 1. The van der Waals surface area contributed by atoms with Gasteiger partial charge in [0.25, 0.3) is 0 Å². The fraction of sp³-hybridized carbons (Fsp3) is 0.833. The van der Waals surface area contributed by atoms with Crippen molar-refractivity contribution in [1.29, 1.82) is 0 Å². The molecule has 2 N–H and O–H groups in total. The molecule has 16 heavy (non-hydrogen) atoms. The van der Waals surface area contributed by atoms with Crippen LogP contribution in [-0.4, -0.2) is 12.2 Å². The number of hydrogen-bond acceptors (Lipinski definition) is 1. The van der Waals surface area contributed by atoms with Crippen LogP contribution in [0.5, 0.6) is 0 Å². The summed E-state index contributed by atoms with van der Waals surface area (Å²) in [5, 5.41) is 0. The number of alkyl halides is 3. The van der Waals surface area contributed by atoms with Gasteiger partial charge in [0.15, 0.2) is 0 Å². The number of rotatable bonds is 4. The van der Waals surface area contributed by atoms with Crippen LogP contribution >= 0.6 is 0 Å². The lowest BCUT2D eigenvalue weighted by Gasteiger charge is -2.36. The molecular weight excluding hydrogens is 215 g/mol. The average molecular weight is 235 g/mol. The van der Waals surface area contributed by atoms with Gasteiger partial charge in [-0.2, -0.15) is 13.2 Å². The van der Waals surface area contributed by atoms with E-state index in [-0.39, 0.29) is 12.5 Å². The summed E-state index contributed by atoms with van der Waals surface area (Å²) >= 11 is 0. The molecule has 0 radical (unpaired) electrons. The van der Waals surface area contributed by atoms with Crippen LogP contribution in [-0.2, 0) is 0 Å². The van der Waals surface area contributed by atoms with Crippen molar-refractivity contribution in [3.63, 3.8) is 0 Å². The largest absolute Gasteiger partial charge is 0.392 e. The van der Waals surface area contributed by atoms with Crippen molar-refractivity contribution in [2.24, 2.45) is 17.6 Å². The molecule has 3 unspecified atom stereocenters. The van der Waals surface area contributed by atoms with Crippen molar-refractivity contribution in [2.45, 2.75) is 50.7 Å². The highest BCUT2D eigenvalue weighted by Gasteiger charge is 2.46. The van der Waals surface area contributed by atoms with Gasteiger partial charge in [-0.3, -0.25) is 0 Å². The Morgan fingerprint density at radius 3 is 2.50 bits per heavy atom. The predicted octanol–water partition coefficient (Wildman–Crippen LogP) is 3.65. The summed E-state index contributed by atoms with van der Waals surface area (Å²) in [6.45, 7) is 3.57. The van der Waals surface area contributed by atoms with Gasteiger partial charge < -0.3 is 5.73 Å². The van der Waals surface area contributed by atoms with Gasteiger partial charge in [0.1, 0.15) is 0 Å². The molecule has 0 aliphatic heterocycles. The number of halogens is 3. The first-order chi connectivity index (χ1) is 7.46. The first-order valence-corrected chi connectivity index (χ1v) is 5.90. The van der Waals surface area contributed by atoms with Crippen LogP contribution in [0.25, 0.3) is 0 Å². The highest BCUT2D eigenvalue weighted by Crippen LogP contribution is 2.43. The third kappa shape index (κ3) is 3.51. The minimum absolute atomic E-state index is 0.246. The van der Waals surface area contributed by atoms with Crippen molar-refractivity contribution < 1.29 is 13.2 Å². The van der Waals surface area contributed by atoms with Gasteiger partial charge in [0, 0.05) is 6.04 Å². The monoisotopic (exact) mass is 235 g/mol. The number of nitrogens with two attached hydrogens (primary N) is 1. The highest BCUT2D eigenvalue weighted by molar-refractivity contribution is 4.87. The van der Waals surface area contributed by atoms with E-state index in [0.717, 1.165) is 6.42 Å². The molecule has 4 heteroatoms. The lowest BCUT2D eigenvalue weighted by molar-refractivity contribution is -0.198. The summed E-state index contributed by atoms with van der Waals surface area (Å²) in [6, 6.07) is -0.343. The molecule has 0 bridgehead atoms. The Morgan fingerprint density at radius 1 is 1.31 bits per heavy atom. The summed E-state index contributed by atoms with van der Waals surface area (Å²) in [5.74, 6) is -1.59. The second kappa shape index (κ2) is 5.71. The molecule has 94 valence electrons. The van der Waals surface area contributed by atoms with E-state index in [1.807, 2.05) is 0 Å². The third-order valence-electron chi connectivity index (χ3n) is 3.49. The summed E-state index contributed by atoms with van der Waals surface area (Å²) in [7, 11) is 0. The van der Waals surface area contributed by atoms with Crippen LogP contribution in [0.1, 0.15) is 38.5 Å². The molecule has 1 saturated carbocycles. The summed E-state index contributed by atoms with van der Waals surface area (Å²) in [5.41, 5.74) is 5.87. The molecule has 1 aliphatic rings. The molecule has 0 aromatic rings. The van der Waals surface area contributed by atoms with Crippen molar-refractivity contribution >= 4 is 0 Å². The fourth-order valence-corrected chi connectivity index (χ4v) is 2.60. The van der Waals surface area contributed by atoms with Gasteiger partial charge in [0.2, 0.25) is 0 Å². The Hall–Kier alpha value is -0.510. The lowest BCUT2D eigenvalue weighted by Crippen LogP contribution is -2.43. The van der Waals surface area contributed by atoms with E-state index < -0.39 is 18.0 Å². The van der Waals surface area contributed by atoms with E-state index in [1.165, 1.54) is 0 Å². The van der Waals surface area contributed by atoms with Gasteiger partial charge in [-0.15, -0.1) is 6.58 Å². The first kappa shape index (κ1) is 13.6. The first-order valence-electron chi connectivity index (χ1n) is 5.90. The number of hydrogen-bond donors (Lipinski definition) is 1. The minimum atomic E-state index is -4.09. The van der Waals surface area contributed by atoms with Crippen LogP contribution in [0.2, 0.25) is 0 Å². The Kier molecular flexibility index (Phi) is 4.84. The van der Waals surface area contributed by atoms with Gasteiger partial charge >= 0.3 is 6.18 Å². The Morgan fingerprint density at radius 2 is 1.94 bits per heavy atom. The second-order valence-corrected chi connectivity index (χ2v) is 4.63. The highest BCUT2D eigenvalue weighted by atomic mass is 19.4. The van der Waals surface area contributed by atoms with Crippen molar-refractivity contribution in [2.75, 3.05) is 0 Å². The molecule has 0 aromatic heterocycles. The lowest BCUT2D eigenvalue weighted by atomic mass is 9.74. The van der Waals surface area contributed by atoms with E-state index in [2.05, 4.69) is 6.58 Å². The zero-order valence-electron chi connectivity index (χ0n) is 9.47. The normalized spacial score (nSPS) is 28.8. The van der Waals surface area contributed by atoms with Gasteiger partial charge in [-0.05, 0) is 31.6 Å². The molecule has 0 aromatic carbocycles. The van der Waals surface area contributed by atoms with Gasteiger partial charge in [-0.1, -0.05) is 18.9 Å². The molecule has 0 amide bonds. The Balaban J connectivity index is 2.62. The standard InChI is InChI=1S/C12H20F3N/c1-2-3-8-11(16)9-6-4-5-7-10(9)12(13,14)15/h2,9-11H,1,3-8,16H2. The van der Waals surface area contributed by atoms with Crippen LogP contribution in [0, 0.1) is 11.8 Å². The third-order valence-corrected chi connectivity index (χ3v) is 3.49. The van der Waals surface area contributed by atoms with Crippen LogP contribution in [0.3, 0.4) is 0 Å². The smallest absolute Gasteiger partial charge is 0.327 e. The van der Waals surface area contributed by atoms with Gasteiger partial charge in [0.05, 0.1) is 5.92 Å². The maximum atomic E-state index is 12.8. The molecule has 0 heterocycles. The molecule has 1 rings (SSSR count). The van der Waals surface area contributed by atoms with E-state index in [4.69, 9.17) is 5.73 Å². The molecule has 1 fully saturated rings. The minimum Gasteiger partial charge on any atom is -0.327 e. The van der Waals surface area contributed by atoms with Crippen LogP contribution < -0.4 is 5.73 Å². The average Bonchev–Trinajstić information content (AvgIpc) is 2.24. The topological polar surface area (TPSA) is 26.0 Å². The summed E-state index contributed by atoms with van der Waals surface area (Å²) in [6.07, 6.45) is 1.34. The second-order valence-electron chi connectivity index (χ2n) is 4.63. The molecule has 0 spiro atoms.